The number of imidazole rings is 1. The van der Waals surface area contributed by atoms with Gasteiger partial charge in [0.1, 0.15) is 12.4 Å². The van der Waals surface area contributed by atoms with Crippen molar-refractivity contribution in [3.05, 3.63) is 48.5 Å². The molecule has 0 fully saturated rings. The first-order chi connectivity index (χ1) is 9.75. The van der Waals surface area contributed by atoms with E-state index in [0.717, 1.165) is 17.9 Å². The Morgan fingerprint density at radius 1 is 1.50 bits per heavy atom. The molecule has 0 unspecified atom stereocenters. The molecule has 6 nitrogen and oxygen atoms in total. The van der Waals surface area contributed by atoms with Crippen molar-refractivity contribution in [3.63, 3.8) is 0 Å². The fourth-order valence-electron chi connectivity index (χ4n) is 1.56. The lowest BCUT2D eigenvalue weighted by molar-refractivity contribution is 0.298. The van der Waals surface area contributed by atoms with E-state index in [0.29, 0.717) is 6.61 Å². The normalized spacial score (nSPS) is 10.6. The summed E-state index contributed by atoms with van der Waals surface area (Å²) in [6, 6.07) is 7.60. The van der Waals surface area contributed by atoms with Gasteiger partial charge in [0, 0.05) is 18.0 Å². The number of benzene rings is 1. The summed E-state index contributed by atoms with van der Waals surface area (Å²) >= 11 is 4.67. The Hall–Kier alpha value is -2.41. The molecule has 0 bridgehead atoms. The lowest BCUT2D eigenvalue weighted by Gasteiger charge is -2.09. The molecule has 0 saturated carbocycles. The maximum Gasteiger partial charge on any atom is 0.184 e. The number of nitrogens with one attached hydrogen (secondary N) is 1. The summed E-state index contributed by atoms with van der Waals surface area (Å²) < 4.78 is 7.69. The summed E-state index contributed by atoms with van der Waals surface area (Å²) in [7, 11) is 0. The summed E-state index contributed by atoms with van der Waals surface area (Å²) in [6.45, 7) is 1.28. The van der Waals surface area contributed by atoms with Gasteiger partial charge < -0.3 is 15.0 Å². The number of hydrogen-bond acceptors (Lipinski definition) is 4. The average molecular weight is 289 g/mol. The SMILES string of the molecule is NC(=S)NN=Cc1ccccc1OCCn1ccnc1. The van der Waals surface area contributed by atoms with E-state index in [9.17, 15) is 0 Å². The molecule has 0 aliphatic rings. The maximum absolute atomic E-state index is 5.74. The molecular weight excluding hydrogens is 274 g/mol. The van der Waals surface area contributed by atoms with Crippen LogP contribution in [0.3, 0.4) is 0 Å². The third kappa shape index (κ3) is 4.36. The topological polar surface area (TPSA) is 77.5 Å². The van der Waals surface area contributed by atoms with Crippen LogP contribution < -0.4 is 15.9 Å². The van der Waals surface area contributed by atoms with Crippen LogP contribution in [0, 0.1) is 0 Å². The van der Waals surface area contributed by atoms with E-state index >= 15 is 0 Å². The molecule has 2 rings (SSSR count). The van der Waals surface area contributed by atoms with Gasteiger partial charge in [0.2, 0.25) is 0 Å². The molecule has 104 valence electrons. The molecule has 1 aromatic carbocycles. The van der Waals surface area contributed by atoms with Crippen molar-refractivity contribution in [3.8, 4) is 5.75 Å². The van der Waals surface area contributed by atoms with Crippen molar-refractivity contribution >= 4 is 23.5 Å². The van der Waals surface area contributed by atoms with Gasteiger partial charge in [-0.2, -0.15) is 5.10 Å². The minimum absolute atomic E-state index is 0.125. The predicted octanol–water partition coefficient (Wildman–Crippen LogP) is 1.13. The highest BCUT2D eigenvalue weighted by atomic mass is 32.1. The number of ether oxygens (including phenoxy) is 1. The first-order valence-electron chi connectivity index (χ1n) is 6.02. The van der Waals surface area contributed by atoms with Crippen LogP contribution in [0.15, 0.2) is 48.1 Å². The van der Waals surface area contributed by atoms with Crippen LogP contribution in [-0.2, 0) is 6.54 Å². The standard InChI is InChI=1S/C13H15N5OS/c14-13(20)17-16-9-11-3-1-2-4-12(11)19-8-7-18-6-5-15-10-18/h1-6,9-10H,7-8H2,(H3,14,17,20). The van der Waals surface area contributed by atoms with E-state index in [1.165, 1.54) is 0 Å². The molecule has 3 N–H and O–H groups in total. The van der Waals surface area contributed by atoms with Crippen molar-refractivity contribution in [1.82, 2.24) is 15.0 Å². The van der Waals surface area contributed by atoms with Gasteiger partial charge in [-0.15, -0.1) is 0 Å². The van der Waals surface area contributed by atoms with Gasteiger partial charge in [-0.1, -0.05) is 12.1 Å². The monoisotopic (exact) mass is 289 g/mol. The lowest BCUT2D eigenvalue weighted by Crippen LogP contribution is -2.24. The van der Waals surface area contributed by atoms with Gasteiger partial charge in [0.25, 0.3) is 0 Å². The number of thiocarbonyl (C=S) groups is 1. The zero-order chi connectivity index (χ0) is 14.2. The van der Waals surface area contributed by atoms with Crippen molar-refractivity contribution in [2.45, 2.75) is 6.54 Å². The second-order valence-corrected chi connectivity index (χ2v) is 4.36. The van der Waals surface area contributed by atoms with E-state index < -0.39 is 0 Å². The fraction of sp³-hybridized carbons (Fsp3) is 0.154. The van der Waals surface area contributed by atoms with Crippen molar-refractivity contribution < 1.29 is 4.74 Å². The molecule has 0 radical (unpaired) electrons. The number of hydrazone groups is 1. The average Bonchev–Trinajstić information content (AvgIpc) is 2.93. The fourth-order valence-corrected chi connectivity index (χ4v) is 1.62. The van der Waals surface area contributed by atoms with E-state index in [-0.39, 0.29) is 5.11 Å². The Balaban J connectivity index is 1.93. The Kier molecular flexibility index (Phi) is 5.08. The maximum atomic E-state index is 5.74. The summed E-state index contributed by atoms with van der Waals surface area (Å²) in [5.74, 6) is 0.751. The Morgan fingerprint density at radius 3 is 3.10 bits per heavy atom. The molecular formula is C13H15N5OS. The van der Waals surface area contributed by atoms with Crippen molar-refractivity contribution in [1.29, 1.82) is 0 Å². The van der Waals surface area contributed by atoms with Crippen LogP contribution in [-0.4, -0.2) is 27.5 Å². The Morgan fingerprint density at radius 2 is 2.35 bits per heavy atom. The van der Waals surface area contributed by atoms with Gasteiger partial charge >= 0.3 is 0 Å². The second-order valence-electron chi connectivity index (χ2n) is 3.92. The van der Waals surface area contributed by atoms with Gasteiger partial charge in [-0.05, 0) is 24.4 Å². The molecule has 0 atom stereocenters. The minimum atomic E-state index is 0.125. The number of aromatic nitrogens is 2. The molecule has 0 saturated heterocycles. The lowest BCUT2D eigenvalue weighted by atomic mass is 10.2. The highest BCUT2D eigenvalue weighted by Gasteiger charge is 2.00. The van der Waals surface area contributed by atoms with Crippen LogP contribution >= 0.6 is 12.2 Å². The Bertz CT molecular complexity index is 582. The first-order valence-corrected chi connectivity index (χ1v) is 6.42. The molecule has 0 aliphatic carbocycles. The molecule has 0 amide bonds. The van der Waals surface area contributed by atoms with E-state index in [1.807, 2.05) is 35.0 Å². The summed E-state index contributed by atoms with van der Waals surface area (Å²) in [4.78, 5) is 3.98. The van der Waals surface area contributed by atoms with Crippen LogP contribution in [0.5, 0.6) is 5.75 Å². The smallest absolute Gasteiger partial charge is 0.184 e. The van der Waals surface area contributed by atoms with E-state index in [2.05, 4.69) is 27.7 Å². The number of nitrogens with zero attached hydrogens (tertiary/aromatic N) is 3. The molecule has 7 heteroatoms. The third-order valence-electron chi connectivity index (χ3n) is 2.46. The van der Waals surface area contributed by atoms with Crippen molar-refractivity contribution in [2.24, 2.45) is 10.8 Å². The van der Waals surface area contributed by atoms with Gasteiger partial charge in [0.05, 0.1) is 19.1 Å². The van der Waals surface area contributed by atoms with E-state index in [1.54, 1.807) is 18.7 Å². The number of para-hydroxylation sites is 1. The largest absolute Gasteiger partial charge is 0.491 e. The van der Waals surface area contributed by atoms with E-state index in [4.69, 9.17) is 10.5 Å². The molecule has 2 aromatic rings. The second kappa shape index (κ2) is 7.25. The number of hydrogen-bond donors (Lipinski definition) is 2. The molecule has 1 aromatic heterocycles. The van der Waals surface area contributed by atoms with Crippen molar-refractivity contribution in [2.75, 3.05) is 6.61 Å². The van der Waals surface area contributed by atoms with Crippen LogP contribution in [0.2, 0.25) is 0 Å². The van der Waals surface area contributed by atoms with Gasteiger partial charge in [0.15, 0.2) is 5.11 Å². The van der Waals surface area contributed by atoms with Crippen LogP contribution in [0.25, 0.3) is 0 Å². The quantitative estimate of drug-likeness (QED) is 0.473. The predicted molar refractivity (Wildman–Crippen MR) is 81.7 cm³/mol. The van der Waals surface area contributed by atoms with Gasteiger partial charge in [-0.3, -0.25) is 5.43 Å². The number of rotatable bonds is 6. The molecule has 0 aliphatic heterocycles. The zero-order valence-corrected chi connectivity index (χ0v) is 11.6. The highest BCUT2D eigenvalue weighted by Crippen LogP contribution is 2.15. The van der Waals surface area contributed by atoms with Crippen LogP contribution in [0.1, 0.15) is 5.56 Å². The zero-order valence-electron chi connectivity index (χ0n) is 10.8. The van der Waals surface area contributed by atoms with Crippen LogP contribution in [0.4, 0.5) is 0 Å². The highest BCUT2D eigenvalue weighted by molar-refractivity contribution is 7.80. The molecule has 20 heavy (non-hydrogen) atoms. The summed E-state index contributed by atoms with van der Waals surface area (Å²) in [6.07, 6.45) is 7.00. The summed E-state index contributed by atoms with van der Waals surface area (Å²) in [5, 5.41) is 4.05. The molecule has 1 heterocycles. The minimum Gasteiger partial charge on any atom is -0.491 e. The first kappa shape index (κ1) is 14.0. The summed E-state index contributed by atoms with van der Waals surface area (Å²) in [5.41, 5.74) is 8.66. The third-order valence-corrected chi connectivity index (χ3v) is 2.55. The van der Waals surface area contributed by atoms with Gasteiger partial charge in [-0.25, -0.2) is 4.98 Å². The molecule has 0 spiro atoms. The number of nitrogens with two attached hydrogens (primary N) is 1. The Labute approximate surface area is 122 Å².